The quantitative estimate of drug-likeness (QED) is 0.866. The van der Waals surface area contributed by atoms with E-state index in [4.69, 9.17) is 11.6 Å². The molecule has 0 aliphatic carbocycles. The molecule has 0 aliphatic rings. The first kappa shape index (κ1) is 18.4. The summed E-state index contributed by atoms with van der Waals surface area (Å²) in [7, 11) is -0.613. The summed E-state index contributed by atoms with van der Waals surface area (Å²) in [6, 6.07) is 8.51. The van der Waals surface area contributed by atoms with E-state index < -0.39 is 26.7 Å². The van der Waals surface area contributed by atoms with Crippen LogP contribution in [0.3, 0.4) is 0 Å². The number of sulfonamides is 1. The molecule has 0 atom stereocenters. The normalized spacial score (nSPS) is 12.1. The van der Waals surface area contributed by atoms with Crippen LogP contribution in [0, 0.1) is 0 Å². The molecule has 24 heavy (non-hydrogen) atoms. The predicted molar refractivity (Wildman–Crippen MR) is 88.0 cm³/mol. The fraction of sp³-hybridized carbons (Fsp3) is 0.200. The highest BCUT2D eigenvalue weighted by Crippen LogP contribution is 2.34. The van der Waals surface area contributed by atoms with Crippen LogP contribution in [0.15, 0.2) is 47.4 Å². The van der Waals surface area contributed by atoms with Gasteiger partial charge in [-0.3, -0.25) is 4.72 Å². The average Bonchev–Trinajstić information content (AvgIpc) is 2.46. The minimum atomic E-state index is -4.66. The Hall–Kier alpha value is -1.93. The van der Waals surface area contributed by atoms with Crippen LogP contribution >= 0.6 is 11.6 Å². The molecule has 0 heterocycles. The van der Waals surface area contributed by atoms with Crippen molar-refractivity contribution in [1.82, 2.24) is 0 Å². The molecule has 0 saturated heterocycles. The zero-order valence-corrected chi connectivity index (χ0v) is 14.3. The summed E-state index contributed by atoms with van der Waals surface area (Å²) in [5, 5.41) is -0.291. The Bertz CT molecular complexity index is 835. The van der Waals surface area contributed by atoms with E-state index in [1.54, 1.807) is 12.1 Å². The number of anilines is 2. The molecule has 2 aromatic carbocycles. The molecule has 0 bridgehead atoms. The predicted octanol–water partition coefficient (Wildman–Crippen LogP) is 4.23. The van der Waals surface area contributed by atoms with E-state index in [0.717, 1.165) is 17.8 Å². The molecule has 0 fully saturated rings. The Morgan fingerprint density at radius 1 is 1.04 bits per heavy atom. The fourth-order valence-corrected chi connectivity index (χ4v) is 3.51. The monoisotopic (exact) mass is 378 g/mol. The topological polar surface area (TPSA) is 49.4 Å². The van der Waals surface area contributed by atoms with Crippen LogP contribution in [-0.2, 0) is 16.2 Å². The summed E-state index contributed by atoms with van der Waals surface area (Å²) >= 11 is 5.77. The molecule has 130 valence electrons. The molecule has 9 heteroatoms. The van der Waals surface area contributed by atoms with Gasteiger partial charge < -0.3 is 4.90 Å². The molecular weight excluding hydrogens is 365 g/mol. The van der Waals surface area contributed by atoms with E-state index in [2.05, 4.69) is 4.72 Å². The van der Waals surface area contributed by atoms with Crippen LogP contribution < -0.4 is 9.62 Å². The number of rotatable bonds is 4. The number of alkyl halides is 3. The number of nitrogens with zero attached hydrogens (tertiary/aromatic N) is 1. The van der Waals surface area contributed by atoms with Crippen molar-refractivity contribution in [3.63, 3.8) is 0 Å². The van der Waals surface area contributed by atoms with Crippen molar-refractivity contribution >= 4 is 33.0 Å². The second kappa shape index (κ2) is 6.52. The van der Waals surface area contributed by atoms with Gasteiger partial charge >= 0.3 is 6.18 Å². The highest BCUT2D eigenvalue weighted by atomic mass is 35.5. The van der Waals surface area contributed by atoms with Gasteiger partial charge in [0.1, 0.15) is 4.90 Å². The zero-order valence-electron chi connectivity index (χ0n) is 12.7. The van der Waals surface area contributed by atoms with Gasteiger partial charge in [0.05, 0.1) is 10.6 Å². The van der Waals surface area contributed by atoms with Crippen molar-refractivity contribution in [3.8, 4) is 0 Å². The third kappa shape index (κ3) is 4.12. The molecule has 0 amide bonds. The summed E-state index contributed by atoms with van der Waals surface area (Å²) in [4.78, 5) is 1.19. The van der Waals surface area contributed by atoms with E-state index in [0.29, 0.717) is 6.07 Å². The number of halogens is 4. The third-order valence-corrected chi connectivity index (χ3v) is 5.05. The maximum atomic E-state index is 12.8. The van der Waals surface area contributed by atoms with Gasteiger partial charge in [0.15, 0.2) is 0 Å². The van der Waals surface area contributed by atoms with Crippen LogP contribution in [0.1, 0.15) is 5.56 Å². The lowest BCUT2D eigenvalue weighted by molar-refractivity contribution is -0.137. The molecule has 0 aliphatic heterocycles. The van der Waals surface area contributed by atoms with Gasteiger partial charge in [-0.2, -0.15) is 13.2 Å². The lowest BCUT2D eigenvalue weighted by atomic mass is 10.2. The van der Waals surface area contributed by atoms with Gasteiger partial charge in [-0.25, -0.2) is 8.42 Å². The van der Waals surface area contributed by atoms with Gasteiger partial charge in [0, 0.05) is 25.5 Å². The maximum absolute atomic E-state index is 12.8. The second-order valence-electron chi connectivity index (χ2n) is 5.19. The fourth-order valence-electron chi connectivity index (χ4n) is 1.92. The molecule has 0 spiro atoms. The molecular formula is C15H14ClF3N2O2S. The van der Waals surface area contributed by atoms with Crippen molar-refractivity contribution in [1.29, 1.82) is 0 Å². The molecule has 2 aromatic rings. The summed E-state index contributed by atoms with van der Waals surface area (Å²) < 4.78 is 65.2. The van der Waals surface area contributed by atoms with E-state index in [1.807, 2.05) is 19.0 Å². The first-order valence-corrected chi connectivity index (χ1v) is 8.54. The Labute approximate surface area is 142 Å². The van der Waals surface area contributed by atoms with Crippen LogP contribution in [0.25, 0.3) is 0 Å². The molecule has 2 rings (SSSR count). The second-order valence-corrected chi connectivity index (χ2v) is 7.25. The third-order valence-electron chi connectivity index (χ3n) is 3.18. The summed E-state index contributed by atoms with van der Waals surface area (Å²) in [5.74, 6) is 0. The summed E-state index contributed by atoms with van der Waals surface area (Å²) in [6.45, 7) is 0. The van der Waals surface area contributed by atoms with Gasteiger partial charge in [-0.05, 0) is 42.5 Å². The Kier molecular flexibility index (Phi) is 5.00. The van der Waals surface area contributed by atoms with Gasteiger partial charge in [0.25, 0.3) is 10.0 Å². The van der Waals surface area contributed by atoms with Crippen LogP contribution in [0.2, 0.25) is 5.02 Å². The van der Waals surface area contributed by atoms with Crippen molar-refractivity contribution in [2.24, 2.45) is 0 Å². The summed E-state index contributed by atoms with van der Waals surface area (Å²) in [6.07, 6.45) is -4.66. The average molecular weight is 379 g/mol. The van der Waals surface area contributed by atoms with Crippen molar-refractivity contribution < 1.29 is 21.6 Å². The molecule has 4 nitrogen and oxygen atoms in total. The largest absolute Gasteiger partial charge is 0.416 e. The minimum absolute atomic E-state index is 0.217. The van der Waals surface area contributed by atoms with Crippen molar-refractivity contribution in [3.05, 3.63) is 53.1 Å². The van der Waals surface area contributed by atoms with Crippen LogP contribution in [0.5, 0.6) is 0 Å². The molecule has 0 unspecified atom stereocenters. The number of hydrogen-bond donors (Lipinski definition) is 1. The molecule has 1 N–H and O–H groups in total. The highest BCUT2D eigenvalue weighted by molar-refractivity contribution is 7.92. The summed E-state index contributed by atoms with van der Waals surface area (Å²) in [5.41, 5.74) is -0.0284. The van der Waals surface area contributed by atoms with Crippen LogP contribution in [-0.4, -0.2) is 22.5 Å². The number of benzene rings is 2. The standard InChI is InChI=1S/C15H14ClF3N2O2S/c1-21(2)12-6-4-11(5-7-12)20-24(22,23)14-9-10(15(17,18)19)3-8-13(14)16/h3-9,20H,1-2H3. The first-order valence-electron chi connectivity index (χ1n) is 6.67. The first-order chi connectivity index (χ1) is 11.0. The molecule has 0 saturated carbocycles. The SMILES string of the molecule is CN(C)c1ccc(NS(=O)(=O)c2cc(C(F)(F)F)ccc2Cl)cc1. The van der Waals surface area contributed by atoms with Gasteiger partial charge in [0.2, 0.25) is 0 Å². The van der Waals surface area contributed by atoms with E-state index >= 15 is 0 Å². The number of nitrogens with one attached hydrogen (secondary N) is 1. The highest BCUT2D eigenvalue weighted by Gasteiger charge is 2.32. The van der Waals surface area contributed by atoms with Gasteiger partial charge in [-0.1, -0.05) is 11.6 Å². The number of hydrogen-bond acceptors (Lipinski definition) is 3. The van der Waals surface area contributed by atoms with E-state index in [9.17, 15) is 21.6 Å². The van der Waals surface area contributed by atoms with Gasteiger partial charge in [-0.15, -0.1) is 0 Å². The lowest BCUT2D eigenvalue weighted by Gasteiger charge is -2.15. The van der Waals surface area contributed by atoms with E-state index in [1.165, 1.54) is 12.1 Å². The van der Waals surface area contributed by atoms with Crippen LogP contribution in [0.4, 0.5) is 24.5 Å². The smallest absolute Gasteiger partial charge is 0.378 e. The Balaban J connectivity index is 2.37. The molecule has 0 aromatic heterocycles. The minimum Gasteiger partial charge on any atom is -0.378 e. The Morgan fingerprint density at radius 3 is 2.12 bits per heavy atom. The lowest BCUT2D eigenvalue weighted by Crippen LogP contribution is -2.15. The maximum Gasteiger partial charge on any atom is 0.416 e. The molecule has 0 radical (unpaired) electrons. The zero-order chi connectivity index (χ0) is 18.1. The van der Waals surface area contributed by atoms with Crippen molar-refractivity contribution in [2.75, 3.05) is 23.7 Å². The Morgan fingerprint density at radius 2 is 1.62 bits per heavy atom. The van der Waals surface area contributed by atoms with E-state index in [-0.39, 0.29) is 10.7 Å². The van der Waals surface area contributed by atoms with Crippen molar-refractivity contribution in [2.45, 2.75) is 11.1 Å².